The van der Waals surface area contributed by atoms with Crippen molar-refractivity contribution in [3.8, 4) is 0 Å². The number of methoxy groups -OCH3 is 1. The minimum absolute atomic E-state index is 0.114. The van der Waals surface area contributed by atoms with Gasteiger partial charge in [-0.15, -0.1) is 6.58 Å². The minimum Gasteiger partial charge on any atom is -0.458 e. The number of carbonyl (C=O) groups excluding carboxylic acids is 2. The molecular weight excluding hydrogens is 294 g/mol. The monoisotopic (exact) mass is 309 g/mol. The largest absolute Gasteiger partial charge is 0.458 e. The van der Waals surface area contributed by atoms with Gasteiger partial charge in [-0.05, 0) is 18.2 Å². The Labute approximate surface area is 128 Å². The summed E-state index contributed by atoms with van der Waals surface area (Å²) in [5, 5.41) is 0.232. The molecule has 0 radical (unpaired) electrons. The standard InChI is InChI=1S/C15H16ClNO4/c1-4-8-17(15(19)20-3)13-7-6-11(10-12(13)16)14(18)21-9-5-2/h4-7,10H,1-2,8-9H2,3H3. The smallest absolute Gasteiger partial charge is 0.414 e. The van der Waals surface area contributed by atoms with Gasteiger partial charge in [0.1, 0.15) is 6.61 Å². The van der Waals surface area contributed by atoms with Crippen LogP contribution in [0.5, 0.6) is 0 Å². The summed E-state index contributed by atoms with van der Waals surface area (Å²) in [6, 6.07) is 4.50. The van der Waals surface area contributed by atoms with E-state index in [-0.39, 0.29) is 23.7 Å². The Morgan fingerprint density at radius 1 is 1.33 bits per heavy atom. The maximum Gasteiger partial charge on any atom is 0.414 e. The van der Waals surface area contributed by atoms with Crippen molar-refractivity contribution in [2.24, 2.45) is 0 Å². The van der Waals surface area contributed by atoms with Crippen molar-refractivity contribution in [3.63, 3.8) is 0 Å². The number of nitrogens with zero attached hydrogens (tertiary/aromatic N) is 1. The average Bonchev–Trinajstić information content (AvgIpc) is 2.49. The molecule has 1 aromatic carbocycles. The summed E-state index contributed by atoms with van der Waals surface area (Å²) in [4.78, 5) is 24.7. The second-order valence-electron chi connectivity index (χ2n) is 3.92. The topological polar surface area (TPSA) is 55.8 Å². The maximum atomic E-state index is 11.7. The van der Waals surface area contributed by atoms with Gasteiger partial charge in [0.15, 0.2) is 0 Å². The van der Waals surface area contributed by atoms with E-state index in [0.717, 1.165) is 0 Å². The summed E-state index contributed by atoms with van der Waals surface area (Å²) in [5.74, 6) is -0.517. The Morgan fingerprint density at radius 3 is 2.57 bits per heavy atom. The van der Waals surface area contributed by atoms with Crippen LogP contribution in [0.15, 0.2) is 43.5 Å². The lowest BCUT2D eigenvalue weighted by Crippen LogP contribution is -2.31. The first-order chi connectivity index (χ1) is 10.0. The zero-order valence-electron chi connectivity index (χ0n) is 11.7. The van der Waals surface area contributed by atoms with E-state index in [4.69, 9.17) is 16.3 Å². The van der Waals surface area contributed by atoms with Crippen LogP contribution in [0.25, 0.3) is 0 Å². The van der Waals surface area contributed by atoms with Crippen LogP contribution in [0.3, 0.4) is 0 Å². The van der Waals surface area contributed by atoms with Crippen molar-refractivity contribution in [1.82, 2.24) is 0 Å². The molecule has 21 heavy (non-hydrogen) atoms. The highest BCUT2D eigenvalue weighted by atomic mass is 35.5. The first-order valence-electron chi connectivity index (χ1n) is 6.09. The van der Waals surface area contributed by atoms with Crippen molar-refractivity contribution in [2.45, 2.75) is 0 Å². The van der Waals surface area contributed by atoms with Gasteiger partial charge in [-0.2, -0.15) is 0 Å². The van der Waals surface area contributed by atoms with Crippen molar-refractivity contribution in [3.05, 3.63) is 54.1 Å². The van der Waals surface area contributed by atoms with E-state index in [1.807, 2.05) is 0 Å². The van der Waals surface area contributed by atoms with Gasteiger partial charge in [0.2, 0.25) is 0 Å². The first kappa shape index (κ1) is 16.8. The minimum atomic E-state index is -0.571. The molecule has 0 fully saturated rings. The van der Waals surface area contributed by atoms with Gasteiger partial charge in [-0.1, -0.05) is 30.3 Å². The molecule has 0 atom stereocenters. The second-order valence-corrected chi connectivity index (χ2v) is 4.33. The Bertz CT molecular complexity index is 557. The molecule has 6 heteroatoms. The number of esters is 1. The number of carbonyl (C=O) groups is 2. The molecule has 0 aromatic heterocycles. The van der Waals surface area contributed by atoms with Crippen LogP contribution in [-0.4, -0.2) is 32.3 Å². The van der Waals surface area contributed by atoms with Crippen LogP contribution in [0.4, 0.5) is 10.5 Å². The summed E-state index contributed by atoms with van der Waals surface area (Å²) in [6.07, 6.45) is 2.44. The molecule has 0 unspecified atom stereocenters. The number of rotatable bonds is 6. The van der Waals surface area contributed by atoms with Gasteiger partial charge < -0.3 is 9.47 Å². The third-order valence-electron chi connectivity index (χ3n) is 2.51. The molecule has 0 saturated carbocycles. The molecular formula is C15H16ClNO4. The van der Waals surface area contributed by atoms with Crippen LogP contribution in [0, 0.1) is 0 Å². The Balaban J connectivity index is 3.05. The Kier molecular flexibility index (Phi) is 6.49. The van der Waals surface area contributed by atoms with Crippen molar-refractivity contribution >= 4 is 29.4 Å². The summed E-state index contributed by atoms with van der Waals surface area (Å²) in [5.41, 5.74) is 0.706. The maximum absolute atomic E-state index is 11.7. The molecule has 1 rings (SSSR count). The van der Waals surface area contributed by atoms with Crippen molar-refractivity contribution < 1.29 is 19.1 Å². The lowest BCUT2D eigenvalue weighted by Gasteiger charge is -2.21. The zero-order valence-corrected chi connectivity index (χ0v) is 12.4. The van der Waals surface area contributed by atoms with E-state index in [1.165, 1.54) is 30.2 Å². The van der Waals surface area contributed by atoms with Crippen LogP contribution in [0.1, 0.15) is 10.4 Å². The molecule has 1 aromatic rings. The molecule has 0 N–H and O–H groups in total. The van der Waals surface area contributed by atoms with E-state index in [0.29, 0.717) is 5.69 Å². The van der Waals surface area contributed by atoms with Gasteiger partial charge in [-0.25, -0.2) is 9.59 Å². The number of hydrogen-bond acceptors (Lipinski definition) is 4. The highest BCUT2D eigenvalue weighted by molar-refractivity contribution is 6.34. The SMILES string of the molecule is C=CCOC(=O)c1ccc(N(CC=C)C(=O)OC)c(Cl)c1. The zero-order chi connectivity index (χ0) is 15.8. The Morgan fingerprint density at radius 2 is 2.05 bits per heavy atom. The van der Waals surface area contributed by atoms with Gasteiger partial charge in [0, 0.05) is 6.54 Å². The fourth-order valence-electron chi connectivity index (χ4n) is 1.58. The van der Waals surface area contributed by atoms with E-state index >= 15 is 0 Å². The normalized spacial score (nSPS) is 9.62. The number of anilines is 1. The molecule has 0 heterocycles. The van der Waals surface area contributed by atoms with E-state index in [1.54, 1.807) is 12.1 Å². The highest BCUT2D eigenvalue weighted by Gasteiger charge is 2.19. The molecule has 112 valence electrons. The number of ether oxygens (including phenoxy) is 2. The lowest BCUT2D eigenvalue weighted by atomic mass is 10.2. The molecule has 0 aliphatic heterocycles. The van der Waals surface area contributed by atoms with Crippen molar-refractivity contribution in [1.29, 1.82) is 0 Å². The van der Waals surface area contributed by atoms with Gasteiger partial charge >= 0.3 is 12.1 Å². The summed E-state index contributed by atoms with van der Waals surface area (Å²) >= 11 is 6.13. The predicted molar refractivity (Wildman–Crippen MR) is 81.9 cm³/mol. The highest BCUT2D eigenvalue weighted by Crippen LogP contribution is 2.27. The third kappa shape index (κ3) is 4.36. The number of benzene rings is 1. The first-order valence-corrected chi connectivity index (χ1v) is 6.46. The number of hydrogen-bond donors (Lipinski definition) is 0. The fourth-order valence-corrected chi connectivity index (χ4v) is 1.86. The summed E-state index contributed by atoms with van der Waals surface area (Å²) in [6.45, 7) is 7.38. The summed E-state index contributed by atoms with van der Waals surface area (Å²) < 4.78 is 9.59. The van der Waals surface area contributed by atoms with Crippen LogP contribution < -0.4 is 4.90 Å². The molecule has 1 amide bonds. The fraction of sp³-hybridized carbons (Fsp3) is 0.200. The molecule has 0 aliphatic rings. The molecule has 0 spiro atoms. The van der Waals surface area contributed by atoms with Crippen LogP contribution in [0.2, 0.25) is 5.02 Å². The second kappa shape index (κ2) is 8.11. The Hall–Kier alpha value is -2.27. The molecule has 0 saturated heterocycles. The van der Waals surface area contributed by atoms with Gasteiger partial charge in [-0.3, -0.25) is 4.90 Å². The lowest BCUT2D eigenvalue weighted by molar-refractivity contribution is 0.0550. The van der Waals surface area contributed by atoms with Gasteiger partial charge in [0.05, 0.1) is 23.4 Å². The van der Waals surface area contributed by atoms with Crippen LogP contribution >= 0.6 is 11.6 Å². The molecule has 5 nitrogen and oxygen atoms in total. The van der Waals surface area contributed by atoms with Crippen molar-refractivity contribution in [2.75, 3.05) is 25.2 Å². The summed E-state index contributed by atoms with van der Waals surface area (Å²) in [7, 11) is 1.27. The van der Waals surface area contributed by atoms with Gasteiger partial charge in [0.25, 0.3) is 0 Å². The quantitative estimate of drug-likeness (QED) is 0.596. The van der Waals surface area contributed by atoms with Crippen LogP contribution in [-0.2, 0) is 9.47 Å². The number of halogens is 1. The van der Waals surface area contributed by atoms with E-state index < -0.39 is 12.1 Å². The van der Waals surface area contributed by atoms with E-state index in [2.05, 4.69) is 17.9 Å². The third-order valence-corrected chi connectivity index (χ3v) is 2.82. The number of amides is 1. The molecule has 0 bridgehead atoms. The van der Waals surface area contributed by atoms with E-state index in [9.17, 15) is 9.59 Å². The predicted octanol–water partition coefficient (Wildman–Crippen LogP) is 3.44. The molecule has 0 aliphatic carbocycles. The average molecular weight is 310 g/mol.